The first-order valence-corrected chi connectivity index (χ1v) is 9.42. The number of carbonyl (C=O) groups is 1. The molecule has 4 rings (SSSR count). The molecule has 0 fully saturated rings. The molecule has 0 saturated carbocycles. The molecule has 2 aromatic carbocycles. The van der Waals surface area contributed by atoms with E-state index < -0.39 is 0 Å². The average molecular weight is 367 g/mol. The fourth-order valence-corrected chi connectivity index (χ4v) is 3.18. The largest absolute Gasteiger partial charge is 0.348 e. The van der Waals surface area contributed by atoms with Crippen LogP contribution in [0.3, 0.4) is 0 Å². The lowest BCUT2D eigenvalue weighted by molar-refractivity contribution is 0.0952. The zero-order valence-corrected chi connectivity index (χ0v) is 15.7. The highest BCUT2D eigenvalue weighted by Crippen LogP contribution is 2.23. The maximum atomic E-state index is 13.0. The van der Waals surface area contributed by atoms with Gasteiger partial charge in [-0.05, 0) is 41.8 Å². The van der Waals surface area contributed by atoms with Crippen molar-refractivity contribution in [2.75, 3.05) is 0 Å². The van der Waals surface area contributed by atoms with Crippen molar-refractivity contribution < 1.29 is 4.79 Å². The fraction of sp³-hybridized carbons (Fsp3) is 0.125. The molecule has 2 aromatic heterocycles. The second-order valence-corrected chi connectivity index (χ2v) is 6.64. The van der Waals surface area contributed by atoms with Crippen LogP contribution in [0.15, 0.2) is 79.0 Å². The summed E-state index contributed by atoms with van der Waals surface area (Å²) in [5.74, 6) is -0.115. The van der Waals surface area contributed by atoms with Crippen LogP contribution in [0.5, 0.6) is 0 Å². The zero-order chi connectivity index (χ0) is 19.3. The molecule has 0 unspecified atom stereocenters. The van der Waals surface area contributed by atoms with Gasteiger partial charge in [0.2, 0.25) is 0 Å². The van der Waals surface area contributed by atoms with Crippen LogP contribution >= 0.6 is 0 Å². The van der Waals surface area contributed by atoms with Crippen LogP contribution in [-0.4, -0.2) is 15.9 Å². The lowest BCUT2D eigenvalue weighted by Gasteiger charge is -2.11. The van der Waals surface area contributed by atoms with Crippen molar-refractivity contribution in [3.05, 3.63) is 95.7 Å². The lowest BCUT2D eigenvalue weighted by Crippen LogP contribution is -2.23. The Bertz CT molecular complexity index is 1110. The van der Waals surface area contributed by atoms with Gasteiger partial charge in [-0.2, -0.15) is 0 Å². The summed E-state index contributed by atoms with van der Waals surface area (Å²) in [6.45, 7) is 2.61. The lowest BCUT2D eigenvalue weighted by atomic mass is 10.1. The van der Waals surface area contributed by atoms with E-state index >= 15 is 0 Å². The molecule has 28 heavy (non-hydrogen) atoms. The fourth-order valence-electron chi connectivity index (χ4n) is 3.18. The summed E-state index contributed by atoms with van der Waals surface area (Å²) in [6.07, 6.45) is 2.73. The minimum Gasteiger partial charge on any atom is -0.348 e. The van der Waals surface area contributed by atoms with Crippen molar-refractivity contribution in [3.8, 4) is 11.4 Å². The predicted molar refractivity (Wildman–Crippen MR) is 112 cm³/mol. The first-order chi connectivity index (χ1) is 13.7. The smallest absolute Gasteiger partial charge is 0.252 e. The summed E-state index contributed by atoms with van der Waals surface area (Å²) >= 11 is 0. The highest BCUT2D eigenvalue weighted by molar-refractivity contribution is 6.07. The normalized spacial score (nSPS) is 10.8. The van der Waals surface area contributed by atoms with Gasteiger partial charge in [0.05, 0.1) is 22.5 Å². The van der Waals surface area contributed by atoms with E-state index in [1.807, 2.05) is 48.5 Å². The molecule has 1 N–H and O–H groups in total. The average Bonchev–Trinajstić information content (AvgIpc) is 2.77. The Balaban J connectivity index is 1.65. The molecule has 2 heterocycles. The molecule has 0 atom stereocenters. The Hall–Kier alpha value is -3.53. The first-order valence-electron chi connectivity index (χ1n) is 9.42. The minimum absolute atomic E-state index is 0.115. The van der Waals surface area contributed by atoms with Crippen LogP contribution in [0.2, 0.25) is 0 Å². The van der Waals surface area contributed by atoms with Gasteiger partial charge in [0.15, 0.2) is 0 Å². The van der Waals surface area contributed by atoms with E-state index in [2.05, 4.69) is 46.5 Å². The van der Waals surface area contributed by atoms with Crippen LogP contribution in [0.4, 0.5) is 0 Å². The summed E-state index contributed by atoms with van der Waals surface area (Å²) in [5, 5.41) is 3.87. The zero-order valence-electron chi connectivity index (χ0n) is 15.7. The molecule has 0 saturated heterocycles. The number of aromatic nitrogens is 2. The molecule has 0 radical (unpaired) electrons. The Kier molecular flexibility index (Phi) is 5.11. The molecular weight excluding hydrogens is 346 g/mol. The highest BCUT2D eigenvalue weighted by Gasteiger charge is 2.14. The van der Waals surface area contributed by atoms with Gasteiger partial charge < -0.3 is 5.32 Å². The number of carbonyl (C=O) groups excluding carboxylic acids is 1. The van der Waals surface area contributed by atoms with Crippen molar-refractivity contribution in [2.45, 2.75) is 19.9 Å². The Morgan fingerprint density at radius 1 is 0.893 bits per heavy atom. The van der Waals surface area contributed by atoms with Gasteiger partial charge in [0.1, 0.15) is 0 Å². The summed E-state index contributed by atoms with van der Waals surface area (Å²) in [4.78, 5) is 22.0. The van der Waals surface area contributed by atoms with Crippen LogP contribution in [0, 0.1) is 0 Å². The molecule has 0 aliphatic heterocycles. The molecule has 0 spiro atoms. The molecule has 0 bridgehead atoms. The van der Waals surface area contributed by atoms with E-state index in [-0.39, 0.29) is 5.91 Å². The quantitative estimate of drug-likeness (QED) is 0.552. The number of nitrogens with one attached hydrogen (secondary N) is 1. The third-order valence-electron chi connectivity index (χ3n) is 4.77. The molecular formula is C24H21N3O. The number of benzene rings is 2. The molecule has 1 amide bonds. The Labute approximate surface area is 164 Å². The Morgan fingerprint density at radius 2 is 1.64 bits per heavy atom. The van der Waals surface area contributed by atoms with Crippen molar-refractivity contribution in [3.63, 3.8) is 0 Å². The van der Waals surface area contributed by atoms with E-state index in [9.17, 15) is 4.79 Å². The maximum absolute atomic E-state index is 13.0. The third-order valence-corrected chi connectivity index (χ3v) is 4.77. The Morgan fingerprint density at radius 3 is 2.39 bits per heavy atom. The van der Waals surface area contributed by atoms with Crippen LogP contribution in [-0.2, 0) is 13.0 Å². The van der Waals surface area contributed by atoms with Gasteiger partial charge in [-0.25, -0.2) is 4.98 Å². The molecule has 4 aromatic rings. The molecule has 4 nitrogen and oxygen atoms in total. The monoisotopic (exact) mass is 367 g/mol. The standard InChI is InChI=1S/C24H21N3O/c1-2-17-10-12-18(13-11-17)16-26-24(28)20-15-23(22-9-5-6-14-25-22)27-21-8-4-3-7-19(20)21/h3-15H,2,16H2,1H3,(H,26,28). The SMILES string of the molecule is CCc1ccc(CNC(=O)c2cc(-c3ccccn3)nc3ccccc23)cc1. The van der Waals surface area contributed by atoms with Crippen molar-refractivity contribution in [1.29, 1.82) is 0 Å². The van der Waals surface area contributed by atoms with Crippen LogP contribution < -0.4 is 5.32 Å². The van der Waals surface area contributed by atoms with Crippen molar-refractivity contribution in [2.24, 2.45) is 0 Å². The van der Waals surface area contributed by atoms with E-state index in [0.717, 1.165) is 28.6 Å². The summed E-state index contributed by atoms with van der Waals surface area (Å²) in [5.41, 5.74) is 5.19. The number of fused-ring (bicyclic) bond motifs is 1. The summed E-state index contributed by atoms with van der Waals surface area (Å²) in [6, 6.07) is 23.5. The second-order valence-electron chi connectivity index (χ2n) is 6.64. The number of amides is 1. The van der Waals surface area contributed by atoms with Gasteiger partial charge in [-0.1, -0.05) is 55.5 Å². The van der Waals surface area contributed by atoms with E-state index in [0.29, 0.717) is 17.8 Å². The van der Waals surface area contributed by atoms with E-state index in [4.69, 9.17) is 0 Å². The van der Waals surface area contributed by atoms with E-state index in [1.165, 1.54) is 5.56 Å². The van der Waals surface area contributed by atoms with Gasteiger partial charge in [0, 0.05) is 18.1 Å². The topological polar surface area (TPSA) is 54.9 Å². The molecule has 4 heteroatoms. The highest BCUT2D eigenvalue weighted by atomic mass is 16.1. The molecule has 138 valence electrons. The van der Waals surface area contributed by atoms with Crippen LogP contribution in [0.1, 0.15) is 28.4 Å². The number of nitrogens with zero attached hydrogens (tertiary/aromatic N) is 2. The molecule has 0 aliphatic carbocycles. The number of rotatable bonds is 5. The van der Waals surface area contributed by atoms with Gasteiger partial charge in [-0.3, -0.25) is 9.78 Å². The first kappa shape index (κ1) is 17.9. The minimum atomic E-state index is -0.115. The summed E-state index contributed by atoms with van der Waals surface area (Å²) in [7, 11) is 0. The van der Waals surface area contributed by atoms with Gasteiger partial charge in [0.25, 0.3) is 5.91 Å². The number of para-hydroxylation sites is 1. The van der Waals surface area contributed by atoms with Gasteiger partial charge in [-0.15, -0.1) is 0 Å². The van der Waals surface area contributed by atoms with Gasteiger partial charge >= 0.3 is 0 Å². The van der Waals surface area contributed by atoms with Crippen molar-refractivity contribution >= 4 is 16.8 Å². The summed E-state index contributed by atoms with van der Waals surface area (Å²) < 4.78 is 0. The van der Waals surface area contributed by atoms with Crippen molar-refractivity contribution in [1.82, 2.24) is 15.3 Å². The number of hydrogen-bond acceptors (Lipinski definition) is 3. The number of hydrogen-bond donors (Lipinski definition) is 1. The number of aryl methyl sites for hydroxylation is 1. The van der Waals surface area contributed by atoms with Crippen LogP contribution in [0.25, 0.3) is 22.3 Å². The predicted octanol–water partition coefficient (Wildman–Crippen LogP) is 4.79. The van der Waals surface area contributed by atoms with E-state index in [1.54, 1.807) is 6.20 Å². The second kappa shape index (κ2) is 8.01. The molecule has 0 aliphatic rings. The number of pyridine rings is 2. The third kappa shape index (κ3) is 3.76. The maximum Gasteiger partial charge on any atom is 0.252 e.